The molecule has 1 aromatic heterocycles. The monoisotopic (exact) mass is 297 g/mol. The highest BCUT2D eigenvalue weighted by Crippen LogP contribution is 2.32. The summed E-state index contributed by atoms with van der Waals surface area (Å²) in [7, 11) is -2.82. The van der Waals surface area contributed by atoms with Gasteiger partial charge in [0.25, 0.3) is 0 Å². The van der Waals surface area contributed by atoms with Crippen LogP contribution in [0.3, 0.4) is 0 Å². The second-order valence-corrected chi connectivity index (χ2v) is 6.71. The molecule has 0 saturated heterocycles. The molecule has 0 aromatic carbocycles. The first kappa shape index (κ1) is 14.6. The van der Waals surface area contributed by atoms with E-state index in [4.69, 9.17) is 0 Å². The molecular weight excluding hydrogens is 282 g/mol. The summed E-state index contributed by atoms with van der Waals surface area (Å²) < 4.78 is 29.7. The van der Waals surface area contributed by atoms with Crippen LogP contribution in [0.1, 0.15) is 19.3 Å². The second kappa shape index (κ2) is 5.70. The van der Waals surface area contributed by atoms with Gasteiger partial charge in [0.05, 0.1) is 7.11 Å². The zero-order valence-electron chi connectivity index (χ0n) is 11.0. The fraction of sp³-hybridized carbons (Fsp3) is 0.462. The van der Waals surface area contributed by atoms with Crippen molar-refractivity contribution < 1.29 is 22.7 Å². The molecule has 1 fully saturated rings. The molecule has 0 N–H and O–H groups in total. The molecule has 7 heteroatoms. The molecule has 2 rings (SSSR count). The van der Waals surface area contributed by atoms with Gasteiger partial charge in [-0.2, -0.15) is 0 Å². The van der Waals surface area contributed by atoms with Crippen molar-refractivity contribution in [1.29, 1.82) is 0 Å². The Morgan fingerprint density at radius 1 is 1.45 bits per heavy atom. The van der Waals surface area contributed by atoms with Gasteiger partial charge >= 0.3 is 5.97 Å². The lowest BCUT2D eigenvalue weighted by Crippen LogP contribution is -2.38. The van der Waals surface area contributed by atoms with E-state index in [1.807, 2.05) is 0 Å². The molecule has 0 aliphatic heterocycles. The van der Waals surface area contributed by atoms with Crippen molar-refractivity contribution in [3.63, 3.8) is 0 Å². The van der Waals surface area contributed by atoms with Gasteiger partial charge in [-0.1, -0.05) is 6.07 Å². The Labute approximate surface area is 117 Å². The Morgan fingerprint density at radius 2 is 2.20 bits per heavy atom. The third kappa shape index (κ3) is 2.72. The van der Waals surface area contributed by atoms with E-state index in [1.165, 1.54) is 18.3 Å². The van der Waals surface area contributed by atoms with Gasteiger partial charge in [0.15, 0.2) is 10.3 Å². The van der Waals surface area contributed by atoms with Gasteiger partial charge in [-0.15, -0.1) is 0 Å². The summed E-state index contributed by atoms with van der Waals surface area (Å²) in [6.07, 6.45) is 2.12. The summed E-state index contributed by atoms with van der Waals surface area (Å²) in [5.74, 6) is -1.41. The van der Waals surface area contributed by atoms with Crippen molar-refractivity contribution in [3.8, 4) is 0 Å². The van der Waals surface area contributed by atoms with Crippen LogP contribution in [0.15, 0.2) is 29.4 Å². The van der Waals surface area contributed by atoms with Gasteiger partial charge in [0.1, 0.15) is 5.78 Å². The number of sulfone groups is 1. The maximum absolute atomic E-state index is 12.6. The Morgan fingerprint density at radius 3 is 2.70 bits per heavy atom. The molecule has 0 radical (unpaired) electrons. The predicted octanol–water partition coefficient (Wildman–Crippen LogP) is 0.766. The minimum absolute atomic E-state index is 0.0277. The highest BCUT2D eigenvalue weighted by atomic mass is 32.2. The molecule has 0 spiro atoms. The first-order valence-corrected chi connectivity index (χ1v) is 7.76. The van der Waals surface area contributed by atoms with Crippen molar-refractivity contribution in [3.05, 3.63) is 24.4 Å². The van der Waals surface area contributed by atoms with Gasteiger partial charge in [0.2, 0.25) is 9.84 Å². The third-order valence-electron chi connectivity index (χ3n) is 3.41. The zero-order valence-corrected chi connectivity index (χ0v) is 11.8. The molecule has 108 valence electrons. The Hall–Kier alpha value is -1.76. The number of pyridine rings is 1. The first-order valence-electron chi connectivity index (χ1n) is 6.21. The van der Waals surface area contributed by atoms with Crippen molar-refractivity contribution >= 4 is 21.6 Å². The van der Waals surface area contributed by atoms with Gasteiger partial charge < -0.3 is 4.74 Å². The van der Waals surface area contributed by atoms with E-state index < -0.39 is 27.0 Å². The molecule has 1 aliphatic rings. The van der Waals surface area contributed by atoms with Crippen molar-refractivity contribution in [2.75, 3.05) is 7.11 Å². The normalized spacial score (nSPS) is 20.6. The minimum atomic E-state index is -3.96. The summed E-state index contributed by atoms with van der Waals surface area (Å²) in [6, 6.07) is 4.46. The number of esters is 1. The number of aromatic nitrogens is 1. The summed E-state index contributed by atoms with van der Waals surface area (Å²) in [6.45, 7) is 0. The van der Waals surface area contributed by atoms with Crippen LogP contribution >= 0.6 is 0 Å². The average molecular weight is 297 g/mol. The highest BCUT2D eigenvalue weighted by molar-refractivity contribution is 7.92. The molecule has 1 heterocycles. The minimum Gasteiger partial charge on any atom is -0.468 e. The predicted molar refractivity (Wildman–Crippen MR) is 69.6 cm³/mol. The number of methoxy groups -OCH3 is 1. The lowest BCUT2D eigenvalue weighted by Gasteiger charge is -2.20. The number of hydrogen-bond donors (Lipinski definition) is 0. The van der Waals surface area contributed by atoms with Crippen LogP contribution in [0.5, 0.6) is 0 Å². The standard InChI is InChI=1S/C13H15NO5S/c1-19-13(16)12(9-5-6-10(15)8-9)20(17,18)11-4-2-3-7-14-11/h2-4,7,9,12H,5-6,8H2,1H3. The van der Waals surface area contributed by atoms with Crippen LogP contribution in [-0.4, -0.2) is 37.5 Å². The Bertz CT molecular complexity index is 611. The van der Waals surface area contributed by atoms with Crippen LogP contribution < -0.4 is 0 Å². The van der Waals surface area contributed by atoms with Crippen LogP contribution in [0.2, 0.25) is 0 Å². The molecule has 2 unspecified atom stereocenters. The maximum atomic E-state index is 12.6. The molecule has 6 nitrogen and oxygen atoms in total. The summed E-state index contributed by atoms with van der Waals surface area (Å²) in [4.78, 5) is 27.1. The number of rotatable bonds is 4. The number of nitrogens with zero attached hydrogens (tertiary/aromatic N) is 1. The quantitative estimate of drug-likeness (QED) is 0.762. The Balaban J connectivity index is 2.41. The summed E-state index contributed by atoms with van der Waals surface area (Å²) in [5.41, 5.74) is 0. The van der Waals surface area contributed by atoms with E-state index >= 15 is 0 Å². The smallest absolute Gasteiger partial charge is 0.324 e. The largest absolute Gasteiger partial charge is 0.468 e. The van der Waals surface area contributed by atoms with Gasteiger partial charge in [-0.25, -0.2) is 13.4 Å². The number of carbonyl (C=O) groups excluding carboxylic acids is 2. The zero-order chi connectivity index (χ0) is 14.8. The van der Waals surface area contributed by atoms with E-state index in [0.29, 0.717) is 12.8 Å². The fourth-order valence-electron chi connectivity index (χ4n) is 2.44. The molecule has 2 atom stereocenters. The molecule has 1 aromatic rings. The van der Waals surface area contributed by atoms with Gasteiger partial charge in [-0.05, 0) is 24.5 Å². The third-order valence-corrected chi connectivity index (χ3v) is 5.48. The number of hydrogen-bond acceptors (Lipinski definition) is 6. The molecular formula is C13H15NO5S. The topological polar surface area (TPSA) is 90.4 Å². The average Bonchev–Trinajstić information content (AvgIpc) is 2.85. The van der Waals surface area contributed by atoms with Crippen LogP contribution in [0.4, 0.5) is 0 Å². The fourth-order valence-corrected chi connectivity index (χ4v) is 4.26. The van der Waals surface area contributed by atoms with E-state index in [1.54, 1.807) is 6.07 Å². The van der Waals surface area contributed by atoms with Gasteiger partial charge in [-0.3, -0.25) is 9.59 Å². The highest BCUT2D eigenvalue weighted by Gasteiger charge is 2.44. The SMILES string of the molecule is COC(=O)C(C1CCC(=O)C1)S(=O)(=O)c1ccccn1. The molecule has 20 heavy (non-hydrogen) atoms. The number of ketones is 1. The maximum Gasteiger partial charge on any atom is 0.324 e. The molecule has 1 aliphatic carbocycles. The van der Waals surface area contributed by atoms with Crippen molar-refractivity contribution in [2.24, 2.45) is 5.92 Å². The molecule has 0 bridgehead atoms. The summed E-state index contributed by atoms with van der Waals surface area (Å²) in [5, 5.41) is -1.54. The molecule has 0 amide bonds. The molecule has 1 saturated carbocycles. The first-order chi connectivity index (χ1) is 9.46. The van der Waals surface area contributed by atoms with Crippen LogP contribution in [0, 0.1) is 5.92 Å². The number of ether oxygens (including phenoxy) is 1. The lowest BCUT2D eigenvalue weighted by molar-refractivity contribution is -0.141. The summed E-state index contributed by atoms with van der Waals surface area (Å²) >= 11 is 0. The number of carbonyl (C=O) groups is 2. The van der Waals surface area contributed by atoms with E-state index in [2.05, 4.69) is 9.72 Å². The second-order valence-electron chi connectivity index (χ2n) is 4.70. The number of Topliss-reactive ketones (excluding diaryl/α,β-unsaturated/α-hetero) is 1. The Kier molecular flexibility index (Phi) is 4.17. The van der Waals surface area contributed by atoms with E-state index in [0.717, 1.165) is 7.11 Å². The van der Waals surface area contributed by atoms with Crippen LogP contribution in [-0.2, 0) is 24.2 Å². The van der Waals surface area contributed by atoms with Crippen LogP contribution in [0.25, 0.3) is 0 Å². The van der Waals surface area contributed by atoms with Gasteiger partial charge in [0, 0.05) is 19.0 Å². The van der Waals surface area contributed by atoms with Crippen molar-refractivity contribution in [1.82, 2.24) is 4.98 Å². The van der Waals surface area contributed by atoms with E-state index in [-0.39, 0.29) is 17.2 Å². The van der Waals surface area contributed by atoms with Crippen molar-refractivity contribution in [2.45, 2.75) is 29.5 Å². The lowest BCUT2D eigenvalue weighted by atomic mass is 10.0. The van der Waals surface area contributed by atoms with E-state index in [9.17, 15) is 18.0 Å².